The maximum Gasteiger partial charge on any atom is 0.0953 e. The SMILES string of the molecule is CC(C)(C)n1cncc1CI. The molecule has 1 rings (SSSR count). The second kappa shape index (κ2) is 3.13. The average Bonchev–Trinajstić information content (AvgIpc) is 2.31. The molecule has 2 nitrogen and oxygen atoms in total. The molecule has 0 unspecified atom stereocenters. The number of nitrogens with zero attached hydrogens (tertiary/aromatic N) is 2. The third kappa shape index (κ3) is 1.95. The van der Waals surface area contributed by atoms with E-state index in [1.165, 1.54) is 5.69 Å². The Kier molecular flexibility index (Phi) is 2.57. The molecule has 3 heteroatoms. The Labute approximate surface area is 81.2 Å². The molecule has 0 amide bonds. The molecule has 0 atom stereocenters. The predicted molar refractivity (Wildman–Crippen MR) is 54.9 cm³/mol. The number of hydrogen-bond acceptors (Lipinski definition) is 1. The summed E-state index contributed by atoms with van der Waals surface area (Å²) in [6.07, 6.45) is 3.83. The summed E-state index contributed by atoms with van der Waals surface area (Å²) >= 11 is 2.35. The monoisotopic (exact) mass is 264 g/mol. The van der Waals surface area contributed by atoms with Crippen LogP contribution in [-0.2, 0) is 9.97 Å². The van der Waals surface area contributed by atoms with Gasteiger partial charge in [-0.1, -0.05) is 22.6 Å². The maximum atomic E-state index is 4.12. The van der Waals surface area contributed by atoms with E-state index in [-0.39, 0.29) is 5.54 Å². The van der Waals surface area contributed by atoms with Crippen LogP contribution >= 0.6 is 22.6 Å². The van der Waals surface area contributed by atoms with Crippen molar-refractivity contribution in [1.82, 2.24) is 9.55 Å². The molecule has 0 fully saturated rings. The van der Waals surface area contributed by atoms with E-state index in [9.17, 15) is 0 Å². The molecule has 0 aliphatic heterocycles. The van der Waals surface area contributed by atoms with Crippen LogP contribution in [0.2, 0.25) is 0 Å². The Morgan fingerprint density at radius 3 is 2.55 bits per heavy atom. The van der Waals surface area contributed by atoms with Crippen LogP contribution in [0.25, 0.3) is 0 Å². The molecule has 62 valence electrons. The predicted octanol–water partition coefficient (Wildman–Crippen LogP) is 2.57. The van der Waals surface area contributed by atoms with E-state index in [0.29, 0.717) is 0 Å². The fraction of sp³-hybridized carbons (Fsp3) is 0.625. The van der Waals surface area contributed by atoms with Crippen molar-refractivity contribution in [2.24, 2.45) is 0 Å². The van der Waals surface area contributed by atoms with Gasteiger partial charge in [0.25, 0.3) is 0 Å². The number of aromatic nitrogens is 2. The van der Waals surface area contributed by atoms with Gasteiger partial charge in [-0.25, -0.2) is 4.98 Å². The first-order valence-electron chi connectivity index (χ1n) is 3.63. The minimum Gasteiger partial charge on any atom is -0.329 e. The molecule has 0 spiro atoms. The van der Waals surface area contributed by atoms with Crippen molar-refractivity contribution in [2.45, 2.75) is 30.7 Å². The second-order valence-corrected chi connectivity index (χ2v) is 4.32. The molecule has 1 heterocycles. The first-order valence-corrected chi connectivity index (χ1v) is 5.16. The number of halogens is 1. The Morgan fingerprint density at radius 2 is 2.18 bits per heavy atom. The van der Waals surface area contributed by atoms with Gasteiger partial charge in [0.05, 0.1) is 6.33 Å². The quantitative estimate of drug-likeness (QED) is 0.563. The fourth-order valence-electron chi connectivity index (χ4n) is 1.03. The molecule has 11 heavy (non-hydrogen) atoms. The van der Waals surface area contributed by atoms with Gasteiger partial charge in [-0.3, -0.25) is 0 Å². The first-order chi connectivity index (χ1) is 5.05. The van der Waals surface area contributed by atoms with Crippen LogP contribution < -0.4 is 0 Å². The Balaban J connectivity index is 3.02. The zero-order chi connectivity index (χ0) is 8.48. The largest absolute Gasteiger partial charge is 0.329 e. The molecule has 0 bridgehead atoms. The van der Waals surface area contributed by atoms with Gasteiger partial charge in [-0.05, 0) is 20.8 Å². The van der Waals surface area contributed by atoms with Gasteiger partial charge in [-0.2, -0.15) is 0 Å². The summed E-state index contributed by atoms with van der Waals surface area (Å²) in [5.74, 6) is 0. The smallest absolute Gasteiger partial charge is 0.0953 e. The summed E-state index contributed by atoms with van der Waals surface area (Å²) in [7, 11) is 0. The molecule has 0 aromatic carbocycles. The standard InChI is InChI=1S/C8H13IN2/c1-8(2,3)11-6-10-5-7(11)4-9/h5-6H,4H2,1-3H3. The van der Waals surface area contributed by atoms with Crippen molar-refractivity contribution in [3.63, 3.8) is 0 Å². The summed E-state index contributed by atoms with van der Waals surface area (Å²) < 4.78 is 3.23. The lowest BCUT2D eigenvalue weighted by molar-refractivity contribution is 0.388. The lowest BCUT2D eigenvalue weighted by Crippen LogP contribution is -2.22. The highest BCUT2D eigenvalue weighted by Gasteiger charge is 2.14. The van der Waals surface area contributed by atoms with Crippen molar-refractivity contribution < 1.29 is 0 Å². The van der Waals surface area contributed by atoms with Crippen molar-refractivity contribution in [3.05, 3.63) is 18.2 Å². The lowest BCUT2D eigenvalue weighted by atomic mass is 10.1. The van der Waals surface area contributed by atoms with Crippen molar-refractivity contribution >= 4 is 22.6 Å². The topological polar surface area (TPSA) is 17.8 Å². The van der Waals surface area contributed by atoms with E-state index in [1.807, 2.05) is 12.5 Å². The van der Waals surface area contributed by atoms with Gasteiger partial charge in [0, 0.05) is 21.9 Å². The minimum atomic E-state index is 0.164. The van der Waals surface area contributed by atoms with Crippen molar-refractivity contribution in [3.8, 4) is 0 Å². The number of imidazole rings is 1. The molecule has 0 aliphatic carbocycles. The zero-order valence-corrected chi connectivity index (χ0v) is 9.29. The van der Waals surface area contributed by atoms with E-state index in [1.54, 1.807) is 0 Å². The summed E-state index contributed by atoms with van der Waals surface area (Å²) in [6.45, 7) is 6.56. The number of alkyl halides is 1. The van der Waals surface area contributed by atoms with Gasteiger partial charge in [0.1, 0.15) is 0 Å². The van der Waals surface area contributed by atoms with Crippen LogP contribution in [0, 0.1) is 0 Å². The van der Waals surface area contributed by atoms with Gasteiger partial charge in [-0.15, -0.1) is 0 Å². The van der Waals surface area contributed by atoms with Crippen LogP contribution in [0.4, 0.5) is 0 Å². The summed E-state index contributed by atoms with van der Waals surface area (Å²) in [5.41, 5.74) is 1.45. The Hall–Kier alpha value is -0.0600. The normalized spacial score (nSPS) is 12.0. The van der Waals surface area contributed by atoms with E-state index in [4.69, 9.17) is 0 Å². The minimum absolute atomic E-state index is 0.164. The molecule has 1 aromatic rings. The zero-order valence-electron chi connectivity index (χ0n) is 7.13. The van der Waals surface area contributed by atoms with Crippen LogP contribution in [0.5, 0.6) is 0 Å². The lowest BCUT2D eigenvalue weighted by Gasteiger charge is -2.22. The molecule has 0 radical (unpaired) electrons. The third-order valence-corrected chi connectivity index (χ3v) is 2.36. The summed E-state index contributed by atoms with van der Waals surface area (Å²) in [5, 5.41) is 0. The Bertz CT molecular complexity index is 234. The number of rotatable bonds is 1. The fourth-order valence-corrected chi connectivity index (χ4v) is 1.59. The first kappa shape index (κ1) is 9.03. The maximum absolute atomic E-state index is 4.12. The van der Waals surface area contributed by atoms with Crippen LogP contribution in [-0.4, -0.2) is 9.55 Å². The van der Waals surface area contributed by atoms with Crippen LogP contribution in [0.3, 0.4) is 0 Å². The average molecular weight is 264 g/mol. The Morgan fingerprint density at radius 1 is 1.55 bits per heavy atom. The van der Waals surface area contributed by atoms with E-state index in [2.05, 4.69) is 52.9 Å². The molecule has 0 saturated heterocycles. The van der Waals surface area contributed by atoms with Gasteiger partial charge < -0.3 is 4.57 Å². The van der Waals surface area contributed by atoms with Gasteiger partial charge in [0.2, 0.25) is 0 Å². The van der Waals surface area contributed by atoms with E-state index < -0.39 is 0 Å². The van der Waals surface area contributed by atoms with Gasteiger partial charge in [0.15, 0.2) is 0 Å². The number of hydrogen-bond donors (Lipinski definition) is 0. The highest BCUT2D eigenvalue weighted by atomic mass is 127. The van der Waals surface area contributed by atoms with Gasteiger partial charge >= 0.3 is 0 Å². The highest BCUT2D eigenvalue weighted by molar-refractivity contribution is 14.1. The van der Waals surface area contributed by atoms with Crippen LogP contribution in [0.15, 0.2) is 12.5 Å². The van der Waals surface area contributed by atoms with E-state index >= 15 is 0 Å². The molecule has 0 N–H and O–H groups in total. The molecule has 0 aliphatic rings. The van der Waals surface area contributed by atoms with Crippen molar-refractivity contribution in [2.75, 3.05) is 0 Å². The summed E-state index contributed by atoms with van der Waals surface area (Å²) in [6, 6.07) is 0. The molecular weight excluding hydrogens is 251 g/mol. The second-order valence-electron chi connectivity index (χ2n) is 3.56. The molecule has 0 saturated carbocycles. The molecular formula is C8H13IN2. The van der Waals surface area contributed by atoms with Crippen LogP contribution in [0.1, 0.15) is 26.5 Å². The third-order valence-electron chi connectivity index (χ3n) is 1.57. The highest BCUT2D eigenvalue weighted by Crippen LogP contribution is 2.17. The van der Waals surface area contributed by atoms with Crippen molar-refractivity contribution in [1.29, 1.82) is 0 Å². The summed E-state index contributed by atoms with van der Waals surface area (Å²) in [4.78, 5) is 4.12. The van der Waals surface area contributed by atoms with E-state index in [0.717, 1.165) is 4.43 Å². The molecule has 1 aromatic heterocycles.